The molecule has 4 heteroatoms. The molecule has 0 aliphatic carbocycles. The molecule has 1 atom stereocenters. The van der Waals surface area contributed by atoms with Gasteiger partial charge in [0.2, 0.25) is 0 Å². The summed E-state index contributed by atoms with van der Waals surface area (Å²) in [6.45, 7) is 0.481. The second kappa shape index (κ2) is 4.99. The Kier molecular flexibility index (Phi) is 3.92. The van der Waals surface area contributed by atoms with E-state index in [1.165, 1.54) is 11.3 Å². The van der Waals surface area contributed by atoms with Gasteiger partial charge in [-0.05, 0) is 17.9 Å². The fourth-order valence-electron chi connectivity index (χ4n) is 1.11. The Bertz CT molecular complexity index is 256. The number of rotatable bonds is 5. The molecule has 0 spiro atoms. The predicted octanol–water partition coefficient (Wildman–Crippen LogP) is 1.95. The normalized spacial score (nSPS) is 12.7. The number of aliphatic carboxylic acids is 1. The molecule has 13 heavy (non-hydrogen) atoms. The van der Waals surface area contributed by atoms with Gasteiger partial charge in [-0.3, -0.25) is 4.79 Å². The van der Waals surface area contributed by atoms with Gasteiger partial charge in [0.25, 0.3) is 0 Å². The molecule has 0 amide bonds. The van der Waals surface area contributed by atoms with Crippen molar-refractivity contribution in [2.24, 2.45) is 0 Å². The zero-order chi connectivity index (χ0) is 9.68. The summed E-state index contributed by atoms with van der Waals surface area (Å²) in [5, 5.41) is 10.8. The fourth-order valence-corrected chi connectivity index (χ4v) is 1.97. The van der Waals surface area contributed by atoms with Crippen molar-refractivity contribution in [2.75, 3.05) is 13.7 Å². The quantitative estimate of drug-likeness (QED) is 0.790. The standard InChI is InChI=1S/C9H12O3S/c1-12-5-4-7(9(10)11)8-3-2-6-13-8/h2-3,6-7H,4-5H2,1H3,(H,10,11). The zero-order valence-corrected chi connectivity index (χ0v) is 8.21. The summed E-state index contributed by atoms with van der Waals surface area (Å²) in [5.41, 5.74) is 0. The van der Waals surface area contributed by atoms with Crippen LogP contribution in [0.4, 0.5) is 0 Å². The first-order valence-corrected chi connectivity index (χ1v) is 4.89. The number of carboxylic acid groups (broad SMARTS) is 1. The molecule has 1 rings (SSSR count). The lowest BCUT2D eigenvalue weighted by atomic mass is 10.0. The highest BCUT2D eigenvalue weighted by Crippen LogP contribution is 2.24. The Labute approximate surface area is 81.0 Å². The molecule has 0 aromatic carbocycles. The molecular formula is C9H12O3S. The van der Waals surface area contributed by atoms with Gasteiger partial charge in [-0.2, -0.15) is 0 Å². The van der Waals surface area contributed by atoms with Gasteiger partial charge in [0.15, 0.2) is 0 Å². The molecule has 0 bridgehead atoms. The number of ether oxygens (including phenoxy) is 1. The van der Waals surface area contributed by atoms with Crippen molar-refractivity contribution >= 4 is 17.3 Å². The Balaban J connectivity index is 2.63. The van der Waals surface area contributed by atoms with Crippen LogP contribution in [0.2, 0.25) is 0 Å². The van der Waals surface area contributed by atoms with Crippen molar-refractivity contribution in [3.8, 4) is 0 Å². The van der Waals surface area contributed by atoms with E-state index in [0.717, 1.165) is 4.88 Å². The van der Waals surface area contributed by atoms with Gasteiger partial charge in [0.1, 0.15) is 0 Å². The molecule has 0 saturated carbocycles. The van der Waals surface area contributed by atoms with E-state index in [4.69, 9.17) is 9.84 Å². The molecule has 0 aliphatic rings. The van der Waals surface area contributed by atoms with E-state index in [9.17, 15) is 4.79 Å². The maximum Gasteiger partial charge on any atom is 0.311 e. The molecular weight excluding hydrogens is 188 g/mol. The van der Waals surface area contributed by atoms with Crippen LogP contribution in [0.15, 0.2) is 17.5 Å². The van der Waals surface area contributed by atoms with E-state index in [1.807, 2.05) is 17.5 Å². The summed E-state index contributed by atoms with van der Waals surface area (Å²) in [7, 11) is 1.58. The van der Waals surface area contributed by atoms with Crippen molar-refractivity contribution in [2.45, 2.75) is 12.3 Å². The predicted molar refractivity (Wildman–Crippen MR) is 51.2 cm³/mol. The highest BCUT2D eigenvalue weighted by molar-refractivity contribution is 7.10. The van der Waals surface area contributed by atoms with Gasteiger partial charge >= 0.3 is 5.97 Å². The van der Waals surface area contributed by atoms with E-state index < -0.39 is 11.9 Å². The largest absolute Gasteiger partial charge is 0.481 e. The Morgan fingerprint density at radius 1 is 1.77 bits per heavy atom. The van der Waals surface area contributed by atoms with E-state index in [2.05, 4.69) is 0 Å². The highest BCUT2D eigenvalue weighted by atomic mass is 32.1. The summed E-state index contributed by atoms with van der Waals surface area (Å²) in [6, 6.07) is 3.71. The molecule has 1 N–H and O–H groups in total. The third kappa shape index (κ3) is 2.82. The van der Waals surface area contributed by atoms with Gasteiger partial charge in [-0.25, -0.2) is 0 Å². The zero-order valence-electron chi connectivity index (χ0n) is 7.40. The monoisotopic (exact) mass is 200 g/mol. The fraction of sp³-hybridized carbons (Fsp3) is 0.444. The van der Waals surface area contributed by atoms with Crippen molar-refractivity contribution < 1.29 is 14.6 Å². The number of carbonyl (C=O) groups is 1. The van der Waals surface area contributed by atoms with Gasteiger partial charge in [0.05, 0.1) is 5.92 Å². The first kappa shape index (κ1) is 10.2. The molecule has 1 unspecified atom stereocenters. The lowest BCUT2D eigenvalue weighted by molar-refractivity contribution is -0.139. The third-order valence-electron chi connectivity index (χ3n) is 1.80. The van der Waals surface area contributed by atoms with Crippen LogP contribution in [0.1, 0.15) is 17.2 Å². The smallest absolute Gasteiger partial charge is 0.311 e. The molecule has 3 nitrogen and oxygen atoms in total. The first-order valence-electron chi connectivity index (χ1n) is 4.01. The molecule has 72 valence electrons. The van der Waals surface area contributed by atoms with E-state index in [0.29, 0.717) is 13.0 Å². The molecule has 1 heterocycles. The average molecular weight is 200 g/mol. The summed E-state index contributed by atoms with van der Waals surface area (Å²) >= 11 is 1.47. The minimum absolute atomic E-state index is 0.417. The summed E-state index contributed by atoms with van der Waals surface area (Å²) in [4.78, 5) is 11.7. The summed E-state index contributed by atoms with van der Waals surface area (Å²) < 4.78 is 4.86. The van der Waals surface area contributed by atoms with Crippen LogP contribution in [0, 0.1) is 0 Å². The second-order valence-electron chi connectivity index (χ2n) is 2.69. The average Bonchev–Trinajstić information content (AvgIpc) is 2.57. The second-order valence-corrected chi connectivity index (χ2v) is 3.67. The summed E-state index contributed by atoms with van der Waals surface area (Å²) in [6.07, 6.45) is 0.534. The molecule has 0 aliphatic heterocycles. The van der Waals surface area contributed by atoms with Crippen LogP contribution in [0.3, 0.4) is 0 Å². The van der Waals surface area contributed by atoms with E-state index in [1.54, 1.807) is 7.11 Å². The SMILES string of the molecule is COCCC(C(=O)O)c1cccs1. The van der Waals surface area contributed by atoms with Crippen molar-refractivity contribution in [3.63, 3.8) is 0 Å². The van der Waals surface area contributed by atoms with E-state index in [-0.39, 0.29) is 0 Å². The molecule has 1 aromatic heterocycles. The molecule has 0 fully saturated rings. The maximum absolute atomic E-state index is 10.9. The Morgan fingerprint density at radius 2 is 2.54 bits per heavy atom. The van der Waals surface area contributed by atoms with Crippen LogP contribution in [0.25, 0.3) is 0 Å². The summed E-state index contributed by atoms with van der Waals surface area (Å²) in [5.74, 6) is -1.19. The van der Waals surface area contributed by atoms with Gasteiger partial charge in [0, 0.05) is 18.6 Å². The van der Waals surface area contributed by atoms with Gasteiger partial charge in [-0.15, -0.1) is 11.3 Å². The molecule has 0 saturated heterocycles. The van der Waals surface area contributed by atoms with Crippen molar-refractivity contribution in [1.82, 2.24) is 0 Å². The van der Waals surface area contributed by atoms with Gasteiger partial charge < -0.3 is 9.84 Å². The minimum atomic E-state index is -0.778. The van der Waals surface area contributed by atoms with Crippen LogP contribution in [-0.2, 0) is 9.53 Å². The number of thiophene rings is 1. The molecule has 0 radical (unpaired) electrons. The Hall–Kier alpha value is -0.870. The number of carboxylic acids is 1. The Morgan fingerprint density at radius 3 is 3.00 bits per heavy atom. The lowest BCUT2D eigenvalue weighted by Gasteiger charge is -2.08. The number of hydrogen-bond acceptors (Lipinski definition) is 3. The number of hydrogen-bond donors (Lipinski definition) is 1. The van der Waals surface area contributed by atoms with Crippen LogP contribution < -0.4 is 0 Å². The van der Waals surface area contributed by atoms with Crippen LogP contribution >= 0.6 is 11.3 Å². The molecule has 1 aromatic rings. The first-order chi connectivity index (χ1) is 6.25. The van der Waals surface area contributed by atoms with Gasteiger partial charge in [-0.1, -0.05) is 6.07 Å². The van der Waals surface area contributed by atoms with Crippen LogP contribution in [0.5, 0.6) is 0 Å². The third-order valence-corrected chi connectivity index (χ3v) is 2.78. The van der Waals surface area contributed by atoms with Crippen molar-refractivity contribution in [3.05, 3.63) is 22.4 Å². The maximum atomic E-state index is 10.9. The van der Waals surface area contributed by atoms with Crippen molar-refractivity contribution in [1.29, 1.82) is 0 Å². The lowest BCUT2D eigenvalue weighted by Crippen LogP contribution is -2.12. The number of methoxy groups -OCH3 is 1. The van der Waals surface area contributed by atoms with Crippen LogP contribution in [-0.4, -0.2) is 24.8 Å². The van der Waals surface area contributed by atoms with E-state index >= 15 is 0 Å². The highest BCUT2D eigenvalue weighted by Gasteiger charge is 2.19. The topological polar surface area (TPSA) is 46.5 Å². The minimum Gasteiger partial charge on any atom is -0.481 e.